The van der Waals surface area contributed by atoms with E-state index in [-0.39, 0.29) is 12.6 Å². The highest BCUT2D eigenvalue weighted by Gasteiger charge is 2.12. The summed E-state index contributed by atoms with van der Waals surface area (Å²) in [6, 6.07) is 0.0153. The summed E-state index contributed by atoms with van der Waals surface area (Å²) in [4.78, 5) is 8.15. The average molecular weight is 244 g/mol. The molecular formula is C11H18ClN3O. The average Bonchev–Trinajstić information content (AvgIpc) is 2.30. The molecule has 5 heteroatoms. The van der Waals surface area contributed by atoms with E-state index in [4.69, 9.17) is 16.7 Å². The molecule has 4 nitrogen and oxygen atoms in total. The maximum atomic E-state index is 9.14. The lowest BCUT2D eigenvalue weighted by Crippen LogP contribution is -2.24. The summed E-state index contributed by atoms with van der Waals surface area (Å²) < 4.78 is 0. The van der Waals surface area contributed by atoms with Crippen LogP contribution >= 0.6 is 11.6 Å². The minimum atomic E-state index is 0.0153. The van der Waals surface area contributed by atoms with Crippen molar-refractivity contribution in [3.05, 3.63) is 17.0 Å². The Kier molecular flexibility index (Phi) is 5.49. The lowest BCUT2D eigenvalue weighted by molar-refractivity contribution is 0.271. The molecule has 0 amide bonds. The van der Waals surface area contributed by atoms with Crippen molar-refractivity contribution in [1.29, 1.82) is 0 Å². The molecule has 0 aromatic carbocycles. The number of rotatable bonds is 6. The molecule has 1 heterocycles. The molecule has 0 saturated carbocycles. The number of aliphatic hydroxyl groups excluding tert-OH is 1. The van der Waals surface area contributed by atoms with E-state index in [1.807, 2.05) is 6.92 Å². The number of aromatic nitrogens is 2. The fraction of sp³-hybridized carbons (Fsp3) is 0.636. The third-order valence-corrected chi connectivity index (χ3v) is 2.77. The lowest BCUT2D eigenvalue weighted by atomic mass is 10.1. The first kappa shape index (κ1) is 13.2. The van der Waals surface area contributed by atoms with E-state index in [1.54, 1.807) is 0 Å². The van der Waals surface area contributed by atoms with Crippen molar-refractivity contribution in [3.63, 3.8) is 0 Å². The van der Waals surface area contributed by atoms with E-state index in [2.05, 4.69) is 22.2 Å². The summed E-state index contributed by atoms with van der Waals surface area (Å²) in [6.07, 6.45) is 4.10. The summed E-state index contributed by atoms with van der Waals surface area (Å²) in [5.41, 5.74) is 0.929. The first-order valence-corrected chi connectivity index (χ1v) is 5.97. The van der Waals surface area contributed by atoms with Gasteiger partial charge in [-0.1, -0.05) is 31.9 Å². The summed E-state index contributed by atoms with van der Waals surface area (Å²) in [5, 5.41) is 12.8. The van der Waals surface area contributed by atoms with Gasteiger partial charge in [0.05, 0.1) is 12.6 Å². The Morgan fingerprint density at radius 2 is 2.19 bits per heavy atom. The third kappa shape index (κ3) is 3.32. The van der Waals surface area contributed by atoms with Gasteiger partial charge >= 0.3 is 0 Å². The Bertz CT molecular complexity index is 329. The van der Waals surface area contributed by atoms with Gasteiger partial charge < -0.3 is 10.4 Å². The van der Waals surface area contributed by atoms with Crippen LogP contribution in [0.25, 0.3) is 0 Å². The number of halogens is 1. The van der Waals surface area contributed by atoms with Gasteiger partial charge in [-0.3, -0.25) is 0 Å². The number of nitrogens with one attached hydrogen (secondary N) is 1. The van der Waals surface area contributed by atoms with Crippen molar-refractivity contribution in [2.75, 3.05) is 11.9 Å². The molecule has 1 atom stereocenters. The van der Waals surface area contributed by atoms with E-state index in [0.717, 1.165) is 30.6 Å². The van der Waals surface area contributed by atoms with Crippen LogP contribution in [0.1, 0.15) is 32.3 Å². The Morgan fingerprint density at radius 1 is 1.44 bits per heavy atom. The standard InChI is InChI=1S/C11H18ClN3O/c1-3-5-9-10(12)13-7-14-11(9)15-8(4-2)6-16/h7-8,16H,3-6H2,1-2H3,(H,13,14,15). The molecule has 0 fully saturated rings. The topological polar surface area (TPSA) is 58.0 Å². The van der Waals surface area contributed by atoms with Crippen LogP contribution in [0.3, 0.4) is 0 Å². The molecule has 0 bridgehead atoms. The van der Waals surface area contributed by atoms with Crippen molar-refractivity contribution in [2.24, 2.45) is 0 Å². The normalized spacial score (nSPS) is 12.5. The van der Waals surface area contributed by atoms with Crippen molar-refractivity contribution < 1.29 is 5.11 Å². The highest BCUT2D eigenvalue weighted by atomic mass is 35.5. The fourth-order valence-corrected chi connectivity index (χ4v) is 1.68. The molecule has 0 aliphatic heterocycles. The van der Waals surface area contributed by atoms with E-state index < -0.39 is 0 Å². The van der Waals surface area contributed by atoms with Gasteiger partial charge in [0.1, 0.15) is 17.3 Å². The van der Waals surface area contributed by atoms with Crippen LogP contribution in [0.5, 0.6) is 0 Å². The molecule has 0 aliphatic carbocycles. The van der Waals surface area contributed by atoms with Crippen LogP contribution in [0.2, 0.25) is 5.15 Å². The zero-order chi connectivity index (χ0) is 12.0. The molecule has 1 unspecified atom stereocenters. The van der Waals surface area contributed by atoms with E-state index in [0.29, 0.717) is 5.15 Å². The molecule has 16 heavy (non-hydrogen) atoms. The second-order valence-electron chi connectivity index (χ2n) is 3.67. The molecule has 0 spiro atoms. The molecular weight excluding hydrogens is 226 g/mol. The zero-order valence-corrected chi connectivity index (χ0v) is 10.5. The Labute approximate surface area is 101 Å². The Morgan fingerprint density at radius 3 is 2.75 bits per heavy atom. The van der Waals surface area contributed by atoms with Crippen LogP contribution in [0, 0.1) is 0 Å². The molecule has 1 aromatic heterocycles. The Balaban J connectivity index is 2.89. The molecule has 0 aliphatic rings. The first-order chi connectivity index (χ1) is 7.72. The van der Waals surface area contributed by atoms with E-state index in [9.17, 15) is 0 Å². The van der Waals surface area contributed by atoms with Gasteiger partial charge in [0.15, 0.2) is 0 Å². The van der Waals surface area contributed by atoms with E-state index >= 15 is 0 Å². The van der Waals surface area contributed by atoms with Crippen LogP contribution in [-0.4, -0.2) is 27.7 Å². The molecule has 90 valence electrons. The smallest absolute Gasteiger partial charge is 0.137 e. The quantitative estimate of drug-likeness (QED) is 0.753. The van der Waals surface area contributed by atoms with Gasteiger partial charge in [-0.2, -0.15) is 0 Å². The van der Waals surface area contributed by atoms with Gasteiger partial charge in [-0.25, -0.2) is 9.97 Å². The van der Waals surface area contributed by atoms with Gasteiger partial charge in [-0.05, 0) is 12.8 Å². The number of hydrogen-bond acceptors (Lipinski definition) is 4. The lowest BCUT2D eigenvalue weighted by Gasteiger charge is -2.17. The second kappa shape index (κ2) is 6.66. The predicted octanol–water partition coefficient (Wildman–Crippen LogP) is 2.27. The Hall–Kier alpha value is -0.870. The number of anilines is 1. The third-order valence-electron chi connectivity index (χ3n) is 2.45. The fourth-order valence-electron chi connectivity index (χ4n) is 1.46. The van der Waals surface area contributed by atoms with Gasteiger partial charge in [0.2, 0.25) is 0 Å². The van der Waals surface area contributed by atoms with Crippen molar-refractivity contribution in [2.45, 2.75) is 39.2 Å². The van der Waals surface area contributed by atoms with Crippen molar-refractivity contribution >= 4 is 17.4 Å². The predicted molar refractivity (Wildman–Crippen MR) is 65.8 cm³/mol. The molecule has 1 aromatic rings. The van der Waals surface area contributed by atoms with E-state index in [1.165, 1.54) is 6.33 Å². The minimum Gasteiger partial charge on any atom is -0.394 e. The maximum Gasteiger partial charge on any atom is 0.137 e. The highest BCUT2D eigenvalue weighted by Crippen LogP contribution is 2.22. The van der Waals surface area contributed by atoms with Crippen LogP contribution in [0.15, 0.2) is 6.33 Å². The summed E-state index contributed by atoms with van der Waals surface area (Å²) in [6.45, 7) is 4.18. The monoisotopic (exact) mass is 243 g/mol. The molecule has 2 N–H and O–H groups in total. The SMILES string of the molecule is CCCc1c(Cl)ncnc1NC(CC)CO. The highest BCUT2D eigenvalue weighted by molar-refractivity contribution is 6.30. The summed E-state index contributed by atoms with van der Waals surface area (Å²) in [5.74, 6) is 0.739. The first-order valence-electron chi connectivity index (χ1n) is 5.59. The van der Waals surface area contributed by atoms with Gasteiger partial charge in [-0.15, -0.1) is 0 Å². The van der Waals surface area contributed by atoms with Crippen molar-refractivity contribution in [1.82, 2.24) is 9.97 Å². The summed E-state index contributed by atoms with van der Waals surface area (Å²) in [7, 11) is 0. The number of aliphatic hydroxyl groups is 1. The maximum absolute atomic E-state index is 9.14. The minimum absolute atomic E-state index is 0.0153. The molecule has 1 rings (SSSR count). The molecule has 0 saturated heterocycles. The van der Waals surface area contributed by atoms with Gasteiger partial charge in [0.25, 0.3) is 0 Å². The largest absolute Gasteiger partial charge is 0.394 e. The zero-order valence-electron chi connectivity index (χ0n) is 9.70. The van der Waals surface area contributed by atoms with Crippen molar-refractivity contribution in [3.8, 4) is 0 Å². The number of hydrogen-bond donors (Lipinski definition) is 2. The van der Waals surface area contributed by atoms with Crippen LogP contribution in [-0.2, 0) is 6.42 Å². The van der Waals surface area contributed by atoms with Crippen LogP contribution in [0.4, 0.5) is 5.82 Å². The molecule has 0 radical (unpaired) electrons. The van der Waals surface area contributed by atoms with Gasteiger partial charge in [0, 0.05) is 5.56 Å². The van der Waals surface area contributed by atoms with Crippen LogP contribution < -0.4 is 5.32 Å². The summed E-state index contributed by atoms with van der Waals surface area (Å²) >= 11 is 6.02. The second-order valence-corrected chi connectivity index (χ2v) is 4.03. The number of nitrogens with zero attached hydrogens (tertiary/aromatic N) is 2.